The van der Waals surface area contributed by atoms with Crippen molar-refractivity contribution >= 4 is 29.4 Å². The lowest BCUT2D eigenvalue weighted by atomic mass is 10.1. The first-order chi connectivity index (χ1) is 13.5. The number of aliphatic hydroxyl groups is 3. The minimum Gasteiger partial charge on any atom is -0.809 e. The van der Waals surface area contributed by atoms with E-state index < -0.39 is 49.2 Å². The fourth-order valence-corrected chi connectivity index (χ4v) is 3.82. The number of nitrogens with zero attached hydrogens (tertiary/aromatic N) is 1. The van der Waals surface area contributed by atoms with Gasteiger partial charge in [-0.3, -0.25) is 19.1 Å². The average molecular weight is 498 g/mol. The van der Waals surface area contributed by atoms with Crippen LogP contribution in [0.3, 0.4) is 0 Å². The van der Waals surface area contributed by atoms with E-state index >= 15 is 0 Å². The molecule has 4 atom stereocenters. The predicted molar refractivity (Wildman–Crippen MR) is 95.7 cm³/mol. The van der Waals surface area contributed by atoms with E-state index in [0.29, 0.717) is 4.57 Å². The van der Waals surface area contributed by atoms with Crippen LogP contribution in [0.15, 0.2) is 28.1 Å². The molecular formula is C14H17BrN3O10P-2. The number of alkyl halides is 1. The fourth-order valence-electron chi connectivity index (χ4n) is 2.71. The van der Waals surface area contributed by atoms with Gasteiger partial charge in [0.2, 0.25) is 5.91 Å². The largest absolute Gasteiger partial charge is 0.809 e. The van der Waals surface area contributed by atoms with Crippen LogP contribution in [-0.2, 0) is 20.5 Å². The number of allylic oxidation sites excluding steroid dienone is 1. The highest BCUT2D eigenvalue weighted by atomic mass is 79.9. The molecule has 0 saturated carbocycles. The van der Waals surface area contributed by atoms with Crippen LogP contribution in [0.4, 0.5) is 0 Å². The van der Waals surface area contributed by atoms with Gasteiger partial charge < -0.3 is 39.7 Å². The number of halogens is 1. The lowest BCUT2D eigenvalue weighted by molar-refractivity contribution is -0.335. The van der Waals surface area contributed by atoms with Crippen LogP contribution in [0.5, 0.6) is 0 Å². The molecule has 2 heterocycles. The lowest BCUT2D eigenvalue weighted by Gasteiger charge is -2.46. The number of aliphatic hydroxyl groups excluding tert-OH is 2. The van der Waals surface area contributed by atoms with E-state index in [0.717, 1.165) is 6.20 Å². The van der Waals surface area contributed by atoms with Crippen molar-refractivity contribution in [3.63, 3.8) is 0 Å². The van der Waals surface area contributed by atoms with Gasteiger partial charge in [0.1, 0.15) is 17.6 Å². The molecule has 2 rings (SSSR count). The first kappa shape index (κ1) is 23.6. The Bertz CT molecular complexity index is 956. The molecule has 5 N–H and O–H groups in total. The van der Waals surface area contributed by atoms with Crippen molar-refractivity contribution in [2.75, 3.05) is 11.9 Å². The van der Waals surface area contributed by atoms with Gasteiger partial charge in [0, 0.05) is 18.0 Å². The molecule has 29 heavy (non-hydrogen) atoms. The smallest absolute Gasteiger partial charge is 0.330 e. The molecule has 1 aliphatic rings. The zero-order valence-electron chi connectivity index (χ0n) is 14.6. The number of hydrogen-bond donors (Lipinski definition) is 5. The molecule has 0 bridgehead atoms. The van der Waals surface area contributed by atoms with Crippen LogP contribution in [0.25, 0.3) is 0 Å². The number of aromatic nitrogens is 2. The van der Waals surface area contributed by atoms with Gasteiger partial charge in [-0.15, -0.1) is 0 Å². The summed E-state index contributed by atoms with van der Waals surface area (Å²) in [5, 5.41) is 28.7. The van der Waals surface area contributed by atoms with E-state index in [2.05, 4.69) is 21.2 Å². The Morgan fingerprint density at radius 2 is 2.14 bits per heavy atom. The highest BCUT2D eigenvalue weighted by molar-refractivity contribution is 9.09. The zero-order valence-corrected chi connectivity index (χ0v) is 17.0. The van der Waals surface area contributed by atoms with E-state index in [1.165, 1.54) is 12.3 Å². The number of carbonyl (C=O) groups is 1. The Labute approximate surface area is 170 Å². The van der Waals surface area contributed by atoms with E-state index in [4.69, 9.17) is 4.74 Å². The monoisotopic (exact) mass is 497 g/mol. The first-order valence-corrected chi connectivity index (χ1v) is 10.7. The van der Waals surface area contributed by atoms with E-state index in [1.54, 1.807) is 0 Å². The summed E-state index contributed by atoms with van der Waals surface area (Å²) in [7, 11) is -5.90. The molecule has 1 amide bonds. The van der Waals surface area contributed by atoms with Crippen molar-refractivity contribution in [2.45, 2.75) is 30.2 Å². The topological polar surface area (TPSA) is 217 Å². The second-order valence-corrected chi connectivity index (χ2v) is 8.32. The van der Waals surface area contributed by atoms with Gasteiger partial charge in [0.25, 0.3) is 5.56 Å². The van der Waals surface area contributed by atoms with Gasteiger partial charge in [-0.05, 0) is 14.0 Å². The second kappa shape index (κ2) is 9.02. The zero-order chi connectivity index (χ0) is 22.0. The van der Waals surface area contributed by atoms with Crippen LogP contribution >= 0.6 is 23.5 Å². The number of aromatic amines is 1. The number of H-pyrrole nitrogens is 1. The summed E-state index contributed by atoms with van der Waals surface area (Å²) in [5.41, 5.74) is -1.97. The number of amides is 1. The Morgan fingerprint density at radius 3 is 2.66 bits per heavy atom. The van der Waals surface area contributed by atoms with Gasteiger partial charge in [-0.25, -0.2) is 4.79 Å². The molecule has 1 fully saturated rings. The Morgan fingerprint density at radius 1 is 1.48 bits per heavy atom. The van der Waals surface area contributed by atoms with Gasteiger partial charge >= 0.3 is 5.69 Å². The minimum absolute atomic E-state index is 0.0480. The summed E-state index contributed by atoms with van der Waals surface area (Å²) < 4.78 is 17.1. The van der Waals surface area contributed by atoms with Gasteiger partial charge in [0.05, 0.1) is 11.9 Å². The maximum Gasteiger partial charge on any atom is 0.330 e. The van der Waals surface area contributed by atoms with Crippen molar-refractivity contribution in [2.24, 2.45) is 0 Å². The highest BCUT2D eigenvalue weighted by Gasteiger charge is 2.58. The number of carbonyl (C=O) groups excluding carboxylic acids is 1. The molecule has 13 nitrogen and oxygen atoms in total. The summed E-state index contributed by atoms with van der Waals surface area (Å²) in [5.74, 6) is -0.350. The molecule has 0 aromatic carbocycles. The lowest BCUT2D eigenvalue weighted by Crippen LogP contribution is -2.54. The van der Waals surface area contributed by atoms with Crippen molar-refractivity contribution in [3.05, 3.63) is 44.9 Å². The van der Waals surface area contributed by atoms with Gasteiger partial charge in [-0.1, -0.05) is 22.0 Å². The van der Waals surface area contributed by atoms with E-state index in [1.807, 2.05) is 4.98 Å². The predicted octanol–water partition coefficient (Wildman–Crippen LogP) is -4.04. The highest BCUT2D eigenvalue weighted by Crippen LogP contribution is 2.53. The first-order valence-electron chi connectivity index (χ1n) is 8.01. The quantitative estimate of drug-likeness (QED) is 0.181. The van der Waals surface area contributed by atoms with Crippen LogP contribution in [0.2, 0.25) is 0 Å². The molecule has 0 radical (unpaired) electrons. The SMILES string of the molecule is O=C(CBr)NC=CCc1cn([C@@H]2O[C@H](CO)[C@](O)(P(=O)([O-])[O-])[C@H]2O)c(=O)[nH]c1=O. The van der Waals surface area contributed by atoms with Gasteiger partial charge in [0.15, 0.2) is 6.23 Å². The number of ether oxygens (including phenoxy) is 1. The number of nitrogens with one attached hydrogen (secondary N) is 2. The van der Waals surface area contributed by atoms with Crippen molar-refractivity contribution in [1.29, 1.82) is 0 Å². The summed E-state index contributed by atoms with van der Waals surface area (Å²) >= 11 is 2.94. The molecule has 15 heteroatoms. The average Bonchev–Trinajstić information content (AvgIpc) is 2.92. The fraction of sp³-hybridized carbons (Fsp3) is 0.500. The summed E-state index contributed by atoms with van der Waals surface area (Å²) in [6.07, 6.45) is -2.85. The van der Waals surface area contributed by atoms with E-state index in [-0.39, 0.29) is 23.2 Å². The summed E-state index contributed by atoms with van der Waals surface area (Å²) in [6, 6.07) is 0. The molecule has 0 spiro atoms. The maximum absolute atomic E-state index is 12.1. The maximum atomic E-state index is 12.1. The Hall–Kier alpha value is -1.64. The number of hydrogen-bond acceptors (Lipinski definition) is 10. The van der Waals surface area contributed by atoms with Crippen LogP contribution in [-0.4, -0.2) is 60.3 Å². The van der Waals surface area contributed by atoms with Crippen molar-refractivity contribution in [1.82, 2.24) is 14.9 Å². The third-order valence-corrected chi connectivity index (χ3v) is 6.16. The van der Waals surface area contributed by atoms with Crippen LogP contribution in [0, 0.1) is 0 Å². The summed E-state index contributed by atoms with van der Waals surface area (Å²) in [4.78, 5) is 60.0. The molecule has 0 aliphatic carbocycles. The van der Waals surface area contributed by atoms with Crippen molar-refractivity contribution in [3.8, 4) is 0 Å². The standard InChI is InChI=1S/C14H19BrN3O10P/c15-4-9(20)16-3-1-2-7-5-18(13(23)17-11(7)22)12-10(21)14(24,29(25,26)27)8(6-19)28-12/h1,3,5,8,10,12,19,21,24H,2,4,6H2,(H,16,20)(H,17,22,23)(H2,25,26,27)/p-2/t8-,10+,12-,14+/m1/s1. The van der Waals surface area contributed by atoms with Crippen LogP contribution in [0.1, 0.15) is 11.8 Å². The molecule has 0 unspecified atom stereocenters. The normalized spacial score (nSPS) is 27.4. The molecule has 1 aromatic rings. The van der Waals surface area contributed by atoms with Gasteiger partial charge in [-0.2, -0.15) is 0 Å². The molecule has 162 valence electrons. The second-order valence-electron chi connectivity index (χ2n) is 6.05. The molecule has 1 saturated heterocycles. The summed E-state index contributed by atoms with van der Waals surface area (Å²) in [6.45, 7) is -1.14. The van der Waals surface area contributed by atoms with Crippen LogP contribution < -0.4 is 26.4 Å². The van der Waals surface area contributed by atoms with Crippen molar-refractivity contribution < 1.29 is 39.2 Å². The molecule has 1 aromatic heterocycles. The minimum atomic E-state index is -5.90. The molecular weight excluding hydrogens is 481 g/mol. The Balaban J connectivity index is 2.38. The Kier molecular flexibility index (Phi) is 7.35. The number of rotatable bonds is 7. The molecule has 1 aliphatic heterocycles. The van der Waals surface area contributed by atoms with E-state index in [9.17, 15) is 44.1 Å². The third kappa shape index (κ3) is 4.59. The third-order valence-electron chi connectivity index (χ3n) is 4.22.